The Morgan fingerprint density at radius 2 is 0.833 bits per heavy atom. The van der Waals surface area contributed by atoms with Gasteiger partial charge in [-0.15, -0.1) is 0 Å². The topological polar surface area (TPSA) is 43.4 Å². The van der Waals surface area contributed by atoms with Crippen molar-refractivity contribution in [3.05, 3.63) is 0 Å². The van der Waals surface area contributed by atoms with Gasteiger partial charge >= 0.3 is 213 Å². The van der Waals surface area contributed by atoms with Crippen LogP contribution in [0.3, 0.4) is 0 Å². The van der Waals surface area contributed by atoms with Crippen LogP contribution in [0.4, 0.5) is 0 Å². The zero-order valence-electron chi connectivity index (χ0n) is 25.1. The van der Waals surface area contributed by atoms with Gasteiger partial charge in [0.05, 0.1) is 0 Å². The van der Waals surface area contributed by atoms with Gasteiger partial charge in [-0.1, -0.05) is 13.8 Å². The van der Waals surface area contributed by atoms with E-state index in [-0.39, 0.29) is 11.0 Å². The van der Waals surface area contributed by atoms with Gasteiger partial charge in [0.25, 0.3) is 0 Å². The molecule has 0 N–H and O–H groups in total. The Morgan fingerprint density at radius 1 is 0.528 bits per heavy atom. The fourth-order valence-corrected chi connectivity index (χ4v) is 6.25. The summed E-state index contributed by atoms with van der Waals surface area (Å²) in [4.78, 5) is 25.9. The van der Waals surface area contributed by atoms with Gasteiger partial charge in [0, 0.05) is 0 Å². The van der Waals surface area contributed by atoms with E-state index in [4.69, 9.17) is 4.52 Å². The summed E-state index contributed by atoms with van der Waals surface area (Å²) in [6, 6.07) is 0. The Hall–Kier alpha value is -0.310. The number of unbranched alkanes of at least 4 members (excludes halogenated alkanes) is 18. The van der Waals surface area contributed by atoms with E-state index in [0.717, 1.165) is 36.7 Å². The number of carbonyl (C=O) groups excluding carboxylic acids is 2. The summed E-state index contributed by atoms with van der Waals surface area (Å²) in [6.45, 7) is 5.85. The van der Waals surface area contributed by atoms with E-state index >= 15 is 0 Å². The molecule has 36 heavy (non-hydrogen) atoms. The summed E-state index contributed by atoms with van der Waals surface area (Å²) in [7, 11) is 4.32. The van der Waals surface area contributed by atoms with Gasteiger partial charge in [0.15, 0.2) is 0 Å². The summed E-state index contributed by atoms with van der Waals surface area (Å²) in [5, 5.41) is 0. The first kappa shape index (κ1) is 35.7. The van der Waals surface area contributed by atoms with Crippen LogP contribution in [-0.4, -0.2) is 49.8 Å². The Kier molecular flexibility index (Phi) is 24.8. The van der Waals surface area contributed by atoms with Gasteiger partial charge in [-0.2, -0.15) is 0 Å². The second-order valence-corrected chi connectivity index (χ2v) is 14.0. The molecule has 0 radical (unpaired) electrons. The first-order valence-electron chi connectivity index (χ1n) is 15.7. The van der Waals surface area contributed by atoms with E-state index in [1.54, 1.807) is 0 Å². The van der Waals surface area contributed by atoms with Gasteiger partial charge in [0.1, 0.15) is 0 Å². The fourth-order valence-electron chi connectivity index (χ4n) is 4.51. The number of rotatable bonds is 28. The summed E-state index contributed by atoms with van der Waals surface area (Å²) in [5.74, 6) is 0. The van der Waals surface area contributed by atoms with Crippen molar-refractivity contribution < 1.29 is 18.6 Å². The van der Waals surface area contributed by atoms with Crippen molar-refractivity contribution in [2.75, 3.05) is 34.3 Å². The minimum Gasteiger partial charge on any atom is -0.0654 e. The number of hydrogen-bond acceptors (Lipinski definition) is 3. The zero-order valence-corrected chi connectivity index (χ0v) is 26.1. The molecule has 0 amide bonds. The second kappa shape index (κ2) is 25.0. The van der Waals surface area contributed by atoms with Crippen molar-refractivity contribution in [3.8, 4) is 0 Å². The Morgan fingerprint density at radius 3 is 1.14 bits per heavy atom. The standard InChI is InChI=1S/C31H64NO3P/c1-6-8-10-12-14-16-18-20-22-24-26-30(33)36(35-29-28-32(3,4)5)31(34)27-25-23-21-19-17-15-13-11-9-7-2/h36H,6-29H2,1-5H3. The number of likely N-dealkylation sites (N-methyl/N-ethyl adjacent to an activating group) is 1. The van der Waals surface area contributed by atoms with Crippen LogP contribution in [0.2, 0.25) is 0 Å². The molecule has 0 saturated carbocycles. The summed E-state index contributed by atoms with van der Waals surface area (Å²) < 4.78 is 6.80. The maximum absolute atomic E-state index is 13.0. The molecule has 0 spiro atoms. The van der Waals surface area contributed by atoms with Crippen LogP contribution in [0.1, 0.15) is 155 Å². The molecule has 0 aliphatic heterocycles. The first-order valence-corrected chi connectivity index (χ1v) is 17.1. The minimum absolute atomic E-state index is 0.109. The second-order valence-electron chi connectivity index (χ2n) is 11.9. The quantitative estimate of drug-likeness (QED) is 0.0576. The molecule has 216 valence electrons. The summed E-state index contributed by atoms with van der Waals surface area (Å²) in [6.07, 6.45) is 26.2. The minimum atomic E-state index is -2.03. The molecular weight excluding hydrogens is 465 g/mol. The van der Waals surface area contributed by atoms with Crippen LogP contribution in [0.15, 0.2) is 0 Å². The monoisotopic (exact) mass is 529 g/mol. The number of hydrogen-bond donors (Lipinski definition) is 0. The number of nitrogens with zero attached hydrogens (tertiary/aromatic N) is 1. The average molecular weight is 530 g/mol. The molecule has 0 saturated heterocycles. The molecule has 0 atom stereocenters. The smallest absolute Gasteiger partial charge is 0.0654 e. The molecule has 0 aromatic rings. The van der Waals surface area contributed by atoms with E-state index in [1.165, 1.54) is 103 Å². The Balaban J connectivity index is 4.19. The average Bonchev–Trinajstić information content (AvgIpc) is 2.83. The molecule has 0 aromatic carbocycles. The molecule has 0 aliphatic carbocycles. The van der Waals surface area contributed by atoms with Crippen LogP contribution >= 0.6 is 8.15 Å². The molecule has 5 heteroatoms. The van der Waals surface area contributed by atoms with Crippen LogP contribution in [0.5, 0.6) is 0 Å². The van der Waals surface area contributed by atoms with Crippen molar-refractivity contribution >= 4 is 19.2 Å². The molecule has 0 bridgehead atoms. The Bertz CT molecular complexity index is 482. The molecule has 0 heterocycles. The van der Waals surface area contributed by atoms with Crippen LogP contribution in [-0.2, 0) is 14.1 Å². The van der Waals surface area contributed by atoms with Gasteiger partial charge in [-0.3, -0.25) is 0 Å². The first-order chi connectivity index (χ1) is 17.3. The van der Waals surface area contributed by atoms with E-state index in [2.05, 4.69) is 35.0 Å². The van der Waals surface area contributed by atoms with Crippen molar-refractivity contribution in [2.45, 2.75) is 155 Å². The zero-order chi connectivity index (χ0) is 26.9. The van der Waals surface area contributed by atoms with Crippen molar-refractivity contribution in [1.29, 1.82) is 0 Å². The molecule has 4 nitrogen and oxygen atoms in total. The molecule has 0 rings (SSSR count). The predicted molar refractivity (Wildman–Crippen MR) is 160 cm³/mol. The SMILES string of the molecule is CCCCCCCCCCCCC(=O)[PH-](OCC[N+](C)(C)C)C(=O)CCCCCCCCCCCC. The van der Waals surface area contributed by atoms with E-state index in [1.807, 2.05) is 0 Å². The fraction of sp³-hybridized carbons (Fsp3) is 0.935. The van der Waals surface area contributed by atoms with Crippen LogP contribution in [0, 0.1) is 0 Å². The van der Waals surface area contributed by atoms with Gasteiger partial charge < -0.3 is 0 Å². The third kappa shape index (κ3) is 24.1. The predicted octanol–water partition coefficient (Wildman–Crippen LogP) is 9.51. The van der Waals surface area contributed by atoms with Gasteiger partial charge in [-0.25, -0.2) is 0 Å². The molecule has 0 unspecified atom stereocenters. The Labute approximate surface area is 227 Å². The maximum atomic E-state index is 13.0. The number of quaternary nitrogens is 1. The molecular formula is C31H64NO3P. The van der Waals surface area contributed by atoms with Crippen molar-refractivity contribution in [2.24, 2.45) is 0 Å². The molecule has 0 fully saturated rings. The summed E-state index contributed by atoms with van der Waals surface area (Å²) in [5.41, 5.74) is 0.219. The van der Waals surface area contributed by atoms with Crippen molar-refractivity contribution in [3.63, 3.8) is 0 Å². The summed E-state index contributed by atoms with van der Waals surface area (Å²) >= 11 is 0. The normalized spacial score (nSPS) is 12.2. The van der Waals surface area contributed by atoms with E-state index < -0.39 is 8.15 Å². The third-order valence-corrected chi connectivity index (χ3v) is 9.04. The van der Waals surface area contributed by atoms with E-state index in [0.29, 0.717) is 19.4 Å². The van der Waals surface area contributed by atoms with Crippen LogP contribution in [0.25, 0.3) is 0 Å². The molecule has 0 aromatic heterocycles. The third-order valence-electron chi connectivity index (χ3n) is 7.03. The van der Waals surface area contributed by atoms with Crippen molar-refractivity contribution in [1.82, 2.24) is 0 Å². The van der Waals surface area contributed by atoms with Gasteiger partial charge in [0.2, 0.25) is 0 Å². The van der Waals surface area contributed by atoms with E-state index in [9.17, 15) is 9.59 Å². The van der Waals surface area contributed by atoms with Crippen LogP contribution < -0.4 is 0 Å². The van der Waals surface area contributed by atoms with Gasteiger partial charge in [-0.05, 0) is 0 Å². The number of carbonyl (C=O) groups is 2. The molecule has 0 aliphatic rings.